The van der Waals surface area contributed by atoms with Gasteiger partial charge in [-0.3, -0.25) is 9.59 Å². The summed E-state index contributed by atoms with van der Waals surface area (Å²) >= 11 is 1.48. The molecule has 0 amide bonds. The van der Waals surface area contributed by atoms with Crippen LogP contribution in [0.1, 0.15) is 35.6 Å². The molecule has 0 bridgehead atoms. The second-order valence-corrected chi connectivity index (χ2v) is 9.08. The number of esters is 2. The SMILES string of the molecule is COC(=O)C1=C(C)NC2=C(C(=O)[C@H](C(=O)OC)[C@@H](c3cccs3)C2)[C@H]1c1ccc(O)c(OC)c1. The lowest BCUT2D eigenvalue weighted by Crippen LogP contribution is -2.43. The molecule has 3 atom stereocenters. The first-order valence-corrected chi connectivity index (χ1v) is 11.5. The van der Waals surface area contributed by atoms with Gasteiger partial charge in [-0.05, 0) is 42.5 Å². The number of phenols is 1. The Bertz CT molecular complexity index is 1210. The number of thiophene rings is 1. The molecule has 1 aromatic carbocycles. The van der Waals surface area contributed by atoms with Crippen molar-refractivity contribution >= 4 is 29.1 Å². The lowest BCUT2D eigenvalue weighted by molar-refractivity contribution is -0.149. The number of methoxy groups -OCH3 is 3. The van der Waals surface area contributed by atoms with Crippen molar-refractivity contribution in [2.75, 3.05) is 21.3 Å². The van der Waals surface area contributed by atoms with E-state index >= 15 is 0 Å². The highest BCUT2D eigenvalue weighted by atomic mass is 32.1. The lowest BCUT2D eigenvalue weighted by Gasteiger charge is -2.39. The van der Waals surface area contributed by atoms with Crippen LogP contribution in [0.4, 0.5) is 0 Å². The molecule has 2 aliphatic rings. The number of ether oxygens (including phenoxy) is 3. The van der Waals surface area contributed by atoms with Crippen LogP contribution in [0.15, 0.2) is 58.3 Å². The van der Waals surface area contributed by atoms with Crippen molar-refractivity contribution in [2.24, 2.45) is 5.92 Å². The molecule has 0 fully saturated rings. The van der Waals surface area contributed by atoms with Crippen molar-refractivity contribution in [2.45, 2.75) is 25.2 Å². The fourth-order valence-corrected chi connectivity index (χ4v) is 5.66. The Morgan fingerprint density at radius 3 is 2.53 bits per heavy atom. The highest BCUT2D eigenvalue weighted by Crippen LogP contribution is 2.49. The molecule has 1 aliphatic heterocycles. The van der Waals surface area contributed by atoms with Crippen molar-refractivity contribution in [3.63, 3.8) is 0 Å². The van der Waals surface area contributed by atoms with Crippen LogP contribution in [0.5, 0.6) is 11.5 Å². The van der Waals surface area contributed by atoms with E-state index in [4.69, 9.17) is 14.2 Å². The minimum Gasteiger partial charge on any atom is -0.504 e. The average Bonchev–Trinajstić information content (AvgIpc) is 3.37. The Morgan fingerprint density at radius 2 is 1.91 bits per heavy atom. The third-order valence-corrected chi connectivity index (χ3v) is 7.33. The van der Waals surface area contributed by atoms with E-state index in [1.165, 1.54) is 38.7 Å². The molecule has 0 radical (unpaired) electrons. The number of dihydropyridines is 1. The van der Waals surface area contributed by atoms with Gasteiger partial charge in [-0.2, -0.15) is 0 Å². The van der Waals surface area contributed by atoms with E-state index in [9.17, 15) is 19.5 Å². The Balaban J connectivity index is 1.93. The summed E-state index contributed by atoms with van der Waals surface area (Å²) in [5.41, 5.74) is 2.31. The molecule has 0 saturated heterocycles. The van der Waals surface area contributed by atoms with Crippen molar-refractivity contribution < 1.29 is 33.7 Å². The van der Waals surface area contributed by atoms with Gasteiger partial charge in [-0.1, -0.05) is 12.1 Å². The monoisotopic (exact) mass is 483 g/mol. The number of carbonyl (C=O) groups excluding carboxylic acids is 3. The van der Waals surface area contributed by atoms with Crippen LogP contribution < -0.4 is 10.1 Å². The average molecular weight is 484 g/mol. The van der Waals surface area contributed by atoms with E-state index in [1.807, 2.05) is 17.5 Å². The summed E-state index contributed by atoms with van der Waals surface area (Å²) in [5.74, 6) is -3.78. The summed E-state index contributed by atoms with van der Waals surface area (Å²) in [6, 6.07) is 8.43. The first-order valence-electron chi connectivity index (χ1n) is 10.6. The summed E-state index contributed by atoms with van der Waals surface area (Å²) in [7, 11) is 3.95. The number of hydrogen-bond acceptors (Lipinski definition) is 9. The summed E-state index contributed by atoms with van der Waals surface area (Å²) in [5, 5.41) is 15.2. The smallest absolute Gasteiger partial charge is 0.336 e. The molecule has 1 aliphatic carbocycles. The van der Waals surface area contributed by atoms with E-state index in [1.54, 1.807) is 19.1 Å². The van der Waals surface area contributed by atoms with Gasteiger partial charge in [0.25, 0.3) is 0 Å². The highest BCUT2D eigenvalue weighted by Gasteiger charge is 2.49. The van der Waals surface area contributed by atoms with Crippen molar-refractivity contribution in [1.82, 2.24) is 5.32 Å². The van der Waals surface area contributed by atoms with Gasteiger partial charge in [0.05, 0.1) is 26.9 Å². The largest absolute Gasteiger partial charge is 0.504 e. The molecule has 34 heavy (non-hydrogen) atoms. The molecule has 9 heteroatoms. The van der Waals surface area contributed by atoms with Crippen LogP contribution in [0, 0.1) is 5.92 Å². The summed E-state index contributed by atoms with van der Waals surface area (Å²) in [4.78, 5) is 40.6. The van der Waals surface area contributed by atoms with Crippen LogP contribution in [-0.4, -0.2) is 44.2 Å². The van der Waals surface area contributed by atoms with Crippen LogP contribution >= 0.6 is 11.3 Å². The first-order chi connectivity index (χ1) is 16.3. The van der Waals surface area contributed by atoms with Gasteiger partial charge in [0.15, 0.2) is 17.3 Å². The van der Waals surface area contributed by atoms with Gasteiger partial charge in [0.2, 0.25) is 0 Å². The van der Waals surface area contributed by atoms with Crippen LogP contribution in [-0.2, 0) is 23.9 Å². The molecule has 0 unspecified atom stereocenters. The normalized spacial score (nSPS) is 22.1. The number of carbonyl (C=O) groups is 3. The molecule has 2 aromatic rings. The molecule has 1 aromatic heterocycles. The van der Waals surface area contributed by atoms with Gasteiger partial charge >= 0.3 is 11.9 Å². The van der Waals surface area contributed by atoms with Gasteiger partial charge in [-0.15, -0.1) is 11.3 Å². The van der Waals surface area contributed by atoms with E-state index in [0.717, 1.165) is 4.88 Å². The summed E-state index contributed by atoms with van der Waals surface area (Å²) in [6.07, 6.45) is 0.388. The maximum atomic E-state index is 14.0. The highest BCUT2D eigenvalue weighted by molar-refractivity contribution is 7.10. The number of nitrogens with one attached hydrogen (secondary N) is 1. The van der Waals surface area contributed by atoms with E-state index in [-0.39, 0.29) is 17.1 Å². The van der Waals surface area contributed by atoms with Gasteiger partial charge < -0.3 is 24.6 Å². The molecule has 0 spiro atoms. The third-order valence-electron chi connectivity index (χ3n) is 6.33. The maximum absolute atomic E-state index is 14.0. The number of Topliss-reactive ketones (excluding diaryl/α,β-unsaturated/α-hetero) is 1. The molecule has 0 saturated carbocycles. The molecule has 2 N–H and O–H groups in total. The van der Waals surface area contributed by atoms with Crippen molar-refractivity contribution in [3.05, 3.63) is 68.7 Å². The van der Waals surface area contributed by atoms with Crippen molar-refractivity contribution in [3.8, 4) is 11.5 Å². The molecule has 8 nitrogen and oxygen atoms in total. The van der Waals surface area contributed by atoms with E-state index in [0.29, 0.717) is 29.0 Å². The molecular formula is C25H25NO7S. The number of allylic oxidation sites excluding steroid dienone is 3. The zero-order valence-corrected chi connectivity index (χ0v) is 20.0. The number of hydrogen-bond donors (Lipinski definition) is 2. The fraction of sp³-hybridized carbons (Fsp3) is 0.320. The van der Waals surface area contributed by atoms with E-state index in [2.05, 4.69) is 5.32 Å². The maximum Gasteiger partial charge on any atom is 0.336 e. The minimum atomic E-state index is -1.05. The zero-order chi connectivity index (χ0) is 24.6. The molecular weight excluding hydrogens is 458 g/mol. The van der Waals surface area contributed by atoms with Crippen LogP contribution in [0.25, 0.3) is 0 Å². The second-order valence-electron chi connectivity index (χ2n) is 8.10. The Labute approximate surface area is 200 Å². The number of rotatable bonds is 5. The quantitative estimate of drug-likeness (QED) is 0.492. The minimum absolute atomic E-state index is 0.0742. The Morgan fingerprint density at radius 1 is 1.15 bits per heavy atom. The van der Waals surface area contributed by atoms with Gasteiger partial charge in [-0.25, -0.2) is 4.79 Å². The molecule has 2 heterocycles. The topological polar surface area (TPSA) is 111 Å². The molecule has 4 rings (SSSR count). The standard InChI is InChI=1S/C25H25NO7S/c1-12-19(24(29)32-3)20(13-7-8-16(27)17(10-13)31-2)22-15(26-12)11-14(18-6-5-9-34-18)21(23(22)28)25(30)33-4/h5-10,14,20-21,26-27H,11H2,1-4H3/t14-,20+,21-/m1/s1. The number of phenolic OH excluding ortho intramolecular Hbond substituents is 1. The third kappa shape index (κ3) is 3.86. The van der Waals surface area contributed by atoms with Crippen LogP contribution in [0.3, 0.4) is 0 Å². The predicted molar refractivity (Wildman–Crippen MR) is 124 cm³/mol. The second kappa shape index (κ2) is 9.34. The number of aromatic hydroxyl groups is 1. The van der Waals surface area contributed by atoms with Gasteiger partial charge in [0.1, 0.15) is 5.92 Å². The summed E-state index contributed by atoms with van der Waals surface area (Å²) < 4.78 is 15.3. The summed E-state index contributed by atoms with van der Waals surface area (Å²) in [6.45, 7) is 1.75. The predicted octanol–water partition coefficient (Wildman–Crippen LogP) is 3.40. The first kappa shape index (κ1) is 23.6. The number of ketones is 1. The Hall–Kier alpha value is -3.59. The lowest BCUT2D eigenvalue weighted by atomic mass is 9.68. The number of benzene rings is 1. The zero-order valence-electron chi connectivity index (χ0n) is 19.2. The van der Waals surface area contributed by atoms with E-state index < -0.39 is 35.5 Å². The molecule has 178 valence electrons. The van der Waals surface area contributed by atoms with Crippen LogP contribution in [0.2, 0.25) is 0 Å². The Kier molecular flexibility index (Phi) is 6.47. The van der Waals surface area contributed by atoms with Crippen molar-refractivity contribution in [1.29, 1.82) is 0 Å². The van der Waals surface area contributed by atoms with Gasteiger partial charge in [0, 0.05) is 33.7 Å². The fourth-order valence-electron chi connectivity index (χ4n) is 4.79.